The number of fused-ring (bicyclic) bond motifs is 2. The van der Waals surface area contributed by atoms with Crippen LogP contribution >= 0.6 is 0 Å². The molecule has 0 bridgehead atoms. The number of carbonyl (C=O) groups excluding carboxylic acids is 1. The number of aromatic nitrogens is 4. The number of anilines is 1. The van der Waals surface area contributed by atoms with Crippen LogP contribution in [0.2, 0.25) is 0 Å². The second-order valence-electron chi connectivity index (χ2n) is 6.65. The van der Waals surface area contributed by atoms with Gasteiger partial charge in [0.25, 0.3) is 5.91 Å². The summed E-state index contributed by atoms with van der Waals surface area (Å²) < 4.78 is 13.0. The zero-order chi connectivity index (χ0) is 18.5. The minimum atomic E-state index is -0.819. The summed E-state index contributed by atoms with van der Waals surface area (Å²) in [5, 5.41) is 13.2. The van der Waals surface area contributed by atoms with E-state index in [0.29, 0.717) is 22.5 Å². The molecule has 2 aliphatic heterocycles. The molecule has 2 fully saturated rings. The molecule has 0 saturated carbocycles. The van der Waals surface area contributed by atoms with Gasteiger partial charge >= 0.3 is 0 Å². The first-order valence-corrected chi connectivity index (χ1v) is 8.66. The van der Waals surface area contributed by atoms with Crippen molar-refractivity contribution in [3.8, 4) is 0 Å². The van der Waals surface area contributed by atoms with E-state index in [1.54, 1.807) is 28.8 Å². The second kappa shape index (κ2) is 6.08. The number of amides is 1. The van der Waals surface area contributed by atoms with E-state index in [9.17, 15) is 9.90 Å². The van der Waals surface area contributed by atoms with Gasteiger partial charge in [-0.05, 0) is 19.1 Å². The molecule has 3 aromatic rings. The SMILES string of the molecule is CC1OC(n2cnc3c(NC(=O)c4ccccc4)ncnc32)C(O)C2OC12. The second-order valence-corrected chi connectivity index (χ2v) is 6.65. The van der Waals surface area contributed by atoms with Crippen molar-refractivity contribution >= 4 is 22.9 Å². The third-order valence-electron chi connectivity index (χ3n) is 4.91. The third kappa shape index (κ3) is 2.67. The zero-order valence-electron chi connectivity index (χ0n) is 14.4. The summed E-state index contributed by atoms with van der Waals surface area (Å²) in [6.07, 6.45) is 0.940. The number of imidazole rings is 1. The van der Waals surface area contributed by atoms with Crippen LogP contribution in [0.25, 0.3) is 11.2 Å². The highest BCUT2D eigenvalue weighted by Crippen LogP contribution is 2.41. The summed E-state index contributed by atoms with van der Waals surface area (Å²) in [6.45, 7) is 1.91. The number of carbonyl (C=O) groups is 1. The molecule has 4 heterocycles. The van der Waals surface area contributed by atoms with Gasteiger partial charge in [-0.3, -0.25) is 9.36 Å². The lowest BCUT2D eigenvalue weighted by molar-refractivity contribution is -0.131. The quantitative estimate of drug-likeness (QED) is 0.667. The molecule has 5 atom stereocenters. The summed E-state index contributed by atoms with van der Waals surface area (Å²) in [5.41, 5.74) is 1.40. The Morgan fingerprint density at radius 2 is 1.96 bits per heavy atom. The van der Waals surface area contributed by atoms with Crippen LogP contribution in [-0.2, 0) is 9.47 Å². The number of ether oxygens (including phenoxy) is 2. The minimum Gasteiger partial charge on any atom is -0.386 e. The first-order valence-electron chi connectivity index (χ1n) is 8.66. The number of benzene rings is 1. The van der Waals surface area contributed by atoms with Crippen LogP contribution in [0.15, 0.2) is 43.0 Å². The van der Waals surface area contributed by atoms with Gasteiger partial charge in [-0.25, -0.2) is 15.0 Å². The largest absolute Gasteiger partial charge is 0.386 e. The summed E-state index contributed by atoms with van der Waals surface area (Å²) >= 11 is 0. The standard InChI is InChI=1S/C18H17N5O4/c1-9-13-14(27-13)12(24)18(26-9)23-8-21-11-15(19-7-20-16(11)23)22-17(25)10-5-3-2-4-6-10/h2-9,12-14,18,24H,1H3,(H,19,20,22,25). The molecule has 5 rings (SSSR count). The molecule has 0 spiro atoms. The fourth-order valence-corrected chi connectivity index (χ4v) is 3.46. The van der Waals surface area contributed by atoms with Gasteiger partial charge in [-0.2, -0.15) is 0 Å². The van der Waals surface area contributed by atoms with Gasteiger partial charge in [0.15, 0.2) is 23.2 Å². The van der Waals surface area contributed by atoms with E-state index in [4.69, 9.17) is 9.47 Å². The topological polar surface area (TPSA) is 115 Å². The van der Waals surface area contributed by atoms with E-state index < -0.39 is 12.3 Å². The molecule has 2 aliphatic rings. The highest BCUT2D eigenvalue weighted by molar-refractivity contribution is 6.06. The molecule has 138 valence electrons. The Balaban J connectivity index is 1.47. The van der Waals surface area contributed by atoms with Gasteiger partial charge in [0.1, 0.15) is 24.6 Å². The van der Waals surface area contributed by atoms with Crippen molar-refractivity contribution in [1.29, 1.82) is 0 Å². The molecule has 9 nitrogen and oxygen atoms in total. The molecule has 5 unspecified atom stereocenters. The predicted molar refractivity (Wildman–Crippen MR) is 94.0 cm³/mol. The maximum absolute atomic E-state index is 12.4. The van der Waals surface area contributed by atoms with E-state index in [1.807, 2.05) is 13.0 Å². The number of aliphatic hydroxyl groups is 1. The molecule has 1 amide bonds. The number of aliphatic hydroxyl groups excluding tert-OH is 1. The van der Waals surface area contributed by atoms with E-state index in [-0.39, 0.29) is 24.2 Å². The van der Waals surface area contributed by atoms with Crippen LogP contribution < -0.4 is 5.32 Å². The van der Waals surface area contributed by atoms with Crippen molar-refractivity contribution in [2.45, 2.75) is 37.6 Å². The zero-order valence-corrected chi connectivity index (χ0v) is 14.4. The van der Waals surface area contributed by atoms with Gasteiger partial charge < -0.3 is 19.9 Å². The lowest BCUT2D eigenvalue weighted by atomic mass is 10.1. The summed E-state index contributed by atoms with van der Waals surface area (Å²) in [4.78, 5) is 25.2. The first-order chi connectivity index (χ1) is 13.1. The molecule has 2 aromatic heterocycles. The molecule has 27 heavy (non-hydrogen) atoms. The van der Waals surface area contributed by atoms with Crippen molar-refractivity contribution in [3.63, 3.8) is 0 Å². The first kappa shape index (κ1) is 16.3. The van der Waals surface area contributed by atoms with E-state index in [1.165, 1.54) is 12.7 Å². The fraction of sp³-hybridized carbons (Fsp3) is 0.333. The lowest BCUT2D eigenvalue weighted by Gasteiger charge is -2.30. The maximum Gasteiger partial charge on any atom is 0.256 e. The van der Waals surface area contributed by atoms with Crippen LogP contribution in [0.3, 0.4) is 0 Å². The average molecular weight is 367 g/mol. The van der Waals surface area contributed by atoms with Crippen LogP contribution in [-0.4, -0.2) is 54.9 Å². The highest BCUT2D eigenvalue weighted by atomic mass is 16.7. The molecule has 2 N–H and O–H groups in total. The molecule has 0 aliphatic carbocycles. The minimum absolute atomic E-state index is 0.0682. The highest BCUT2D eigenvalue weighted by Gasteiger charge is 2.56. The van der Waals surface area contributed by atoms with Gasteiger partial charge in [-0.15, -0.1) is 0 Å². The summed E-state index contributed by atoms with van der Waals surface area (Å²) in [5.74, 6) is 0.00782. The molecule has 2 saturated heterocycles. The fourth-order valence-electron chi connectivity index (χ4n) is 3.46. The summed E-state index contributed by atoms with van der Waals surface area (Å²) in [7, 11) is 0. The molecular formula is C18H17N5O4. The Labute approximate surface area is 154 Å². The predicted octanol–water partition coefficient (Wildman–Crippen LogP) is 1.12. The normalized spacial score (nSPS) is 29.3. The van der Waals surface area contributed by atoms with E-state index >= 15 is 0 Å². The molecule has 9 heteroatoms. The van der Waals surface area contributed by atoms with Crippen molar-refractivity contribution < 1.29 is 19.4 Å². The summed E-state index contributed by atoms with van der Waals surface area (Å²) in [6, 6.07) is 8.84. The van der Waals surface area contributed by atoms with Crippen LogP contribution in [0.4, 0.5) is 5.82 Å². The third-order valence-corrected chi connectivity index (χ3v) is 4.91. The Bertz CT molecular complexity index is 1010. The van der Waals surface area contributed by atoms with Crippen LogP contribution in [0.5, 0.6) is 0 Å². The van der Waals surface area contributed by atoms with Crippen molar-refractivity contribution in [2.75, 3.05) is 5.32 Å². The number of rotatable bonds is 3. The number of epoxide rings is 1. The van der Waals surface area contributed by atoms with Gasteiger partial charge in [0.05, 0.1) is 12.4 Å². The monoisotopic (exact) mass is 367 g/mol. The van der Waals surface area contributed by atoms with Crippen molar-refractivity contribution in [3.05, 3.63) is 48.5 Å². The Hall–Kier alpha value is -2.88. The Kier molecular flexibility index (Phi) is 3.67. The maximum atomic E-state index is 12.4. The molecular weight excluding hydrogens is 350 g/mol. The average Bonchev–Trinajstić information content (AvgIpc) is 3.39. The number of hydrogen-bond donors (Lipinski definition) is 2. The molecule has 1 aromatic carbocycles. The van der Waals surface area contributed by atoms with Crippen molar-refractivity contribution in [2.24, 2.45) is 0 Å². The lowest BCUT2D eigenvalue weighted by Crippen LogP contribution is -2.41. The van der Waals surface area contributed by atoms with Crippen LogP contribution in [0.1, 0.15) is 23.5 Å². The van der Waals surface area contributed by atoms with Crippen molar-refractivity contribution in [1.82, 2.24) is 19.5 Å². The number of hydrogen-bond acceptors (Lipinski definition) is 7. The Morgan fingerprint density at radius 3 is 2.78 bits per heavy atom. The smallest absolute Gasteiger partial charge is 0.256 e. The van der Waals surface area contributed by atoms with Gasteiger partial charge in [-0.1, -0.05) is 18.2 Å². The number of nitrogens with one attached hydrogen (secondary N) is 1. The number of nitrogens with zero attached hydrogens (tertiary/aromatic N) is 4. The molecule has 0 radical (unpaired) electrons. The van der Waals surface area contributed by atoms with Gasteiger partial charge in [0.2, 0.25) is 0 Å². The van der Waals surface area contributed by atoms with E-state index in [0.717, 1.165) is 0 Å². The van der Waals surface area contributed by atoms with E-state index in [2.05, 4.69) is 20.3 Å². The van der Waals surface area contributed by atoms with Crippen LogP contribution in [0, 0.1) is 0 Å². The Morgan fingerprint density at radius 1 is 1.15 bits per heavy atom. The van der Waals surface area contributed by atoms with Gasteiger partial charge in [0, 0.05) is 5.56 Å².